The first-order chi connectivity index (χ1) is 16.4. The predicted molar refractivity (Wildman–Crippen MR) is 125 cm³/mol. The number of nitrogens with one attached hydrogen (secondary N) is 2. The lowest BCUT2D eigenvalue weighted by Gasteiger charge is -2.12. The number of amides is 2. The van der Waals surface area contributed by atoms with E-state index in [2.05, 4.69) is 20.4 Å². The van der Waals surface area contributed by atoms with Crippen LogP contribution in [0, 0.1) is 0 Å². The minimum Gasteiger partial charge on any atom is -0.493 e. The Morgan fingerprint density at radius 1 is 1.15 bits per heavy atom. The first-order valence-corrected chi connectivity index (χ1v) is 11.2. The molecule has 2 N–H and O–H groups in total. The summed E-state index contributed by atoms with van der Waals surface area (Å²) < 4.78 is 36.2. The van der Waals surface area contributed by atoms with Crippen molar-refractivity contribution < 1.29 is 27.8 Å². The third-order valence-corrected chi connectivity index (χ3v) is 5.74. The predicted octanol–water partition coefficient (Wildman–Crippen LogP) is 3.73. The molecule has 11 heteroatoms. The molecule has 34 heavy (non-hydrogen) atoms. The zero-order valence-corrected chi connectivity index (χ0v) is 19.4. The molecule has 0 fully saturated rings. The van der Waals surface area contributed by atoms with Gasteiger partial charge in [0.15, 0.2) is 16.7 Å². The van der Waals surface area contributed by atoms with Crippen molar-refractivity contribution in [3.05, 3.63) is 66.0 Å². The van der Waals surface area contributed by atoms with Crippen LogP contribution in [0.1, 0.15) is 15.9 Å². The molecule has 3 rings (SSSR count). The van der Waals surface area contributed by atoms with Crippen molar-refractivity contribution >= 4 is 29.3 Å². The minimum atomic E-state index is -2.94. The van der Waals surface area contributed by atoms with Crippen LogP contribution in [-0.4, -0.2) is 47.4 Å². The summed E-state index contributed by atoms with van der Waals surface area (Å²) in [7, 11) is 3.22. The van der Waals surface area contributed by atoms with E-state index in [9.17, 15) is 18.4 Å². The van der Waals surface area contributed by atoms with E-state index in [0.29, 0.717) is 24.2 Å². The topological polar surface area (TPSA) is 94.5 Å². The Bertz CT molecular complexity index is 1120. The van der Waals surface area contributed by atoms with Crippen LogP contribution in [0.4, 0.5) is 14.5 Å². The largest absolute Gasteiger partial charge is 0.493 e. The van der Waals surface area contributed by atoms with Crippen molar-refractivity contribution in [2.75, 3.05) is 24.7 Å². The average Bonchev–Trinajstić information content (AvgIpc) is 3.23. The molecule has 0 bridgehead atoms. The molecular formula is C23H24F2N4O4S. The first kappa shape index (κ1) is 25.0. The number of rotatable bonds is 11. The van der Waals surface area contributed by atoms with Crippen LogP contribution in [0.3, 0.4) is 0 Å². The van der Waals surface area contributed by atoms with Gasteiger partial charge in [0.2, 0.25) is 5.91 Å². The number of thioether (sulfide) groups is 1. The van der Waals surface area contributed by atoms with Gasteiger partial charge in [-0.1, -0.05) is 17.8 Å². The highest BCUT2D eigenvalue weighted by atomic mass is 32.2. The van der Waals surface area contributed by atoms with Crippen LogP contribution in [0.15, 0.2) is 60.0 Å². The first-order valence-electron chi connectivity index (χ1n) is 10.3. The number of methoxy groups -OCH3 is 1. The maximum absolute atomic E-state index is 12.4. The molecule has 0 aliphatic rings. The van der Waals surface area contributed by atoms with Gasteiger partial charge in [-0.05, 0) is 48.4 Å². The normalized spacial score (nSPS) is 10.7. The molecule has 1 heterocycles. The van der Waals surface area contributed by atoms with Gasteiger partial charge in [-0.15, -0.1) is 0 Å². The van der Waals surface area contributed by atoms with Gasteiger partial charge in [-0.2, -0.15) is 8.78 Å². The molecule has 0 saturated heterocycles. The second-order valence-electron chi connectivity index (χ2n) is 7.10. The number of anilines is 1. The molecule has 0 unspecified atom stereocenters. The molecule has 0 radical (unpaired) electrons. The van der Waals surface area contributed by atoms with Gasteiger partial charge in [0.05, 0.1) is 12.9 Å². The number of carbonyl (C=O) groups excluding carboxylic acids is 2. The third kappa shape index (κ3) is 7.20. The van der Waals surface area contributed by atoms with Crippen molar-refractivity contribution in [3.63, 3.8) is 0 Å². The van der Waals surface area contributed by atoms with Crippen molar-refractivity contribution in [1.82, 2.24) is 14.9 Å². The zero-order chi connectivity index (χ0) is 24.5. The van der Waals surface area contributed by atoms with Crippen molar-refractivity contribution in [2.24, 2.45) is 7.05 Å². The Morgan fingerprint density at radius 2 is 1.91 bits per heavy atom. The average molecular weight is 491 g/mol. The highest BCUT2D eigenvalue weighted by molar-refractivity contribution is 7.99. The Balaban J connectivity index is 1.45. The summed E-state index contributed by atoms with van der Waals surface area (Å²) in [6.45, 7) is -2.61. The molecule has 8 nitrogen and oxygen atoms in total. The molecule has 180 valence electrons. The lowest BCUT2D eigenvalue weighted by molar-refractivity contribution is -0.113. The van der Waals surface area contributed by atoms with Gasteiger partial charge < -0.3 is 24.7 Å². The number of carbonyl (C=O) groups is 2. The van der Waals surface area contributed by atoms with Crippen LogP contribution in [0.2, 0.25) is 0 Å². The maximum Gasteiger partial charge on any atom is 0.387 e. The third-order valence-electron chi connectivity index (χ3n) is 4.68. The van der Waals surface area contributed by atoms with E-state index in [1.54, 1.807) is 42.6 Å². The van der Waals surface area contributed by atoms with Gasteiger partial charge in [-0.25, -0.2) is 4.98 Å². The van der Waals surface area contributed by atoms with Crippen molar-refractivity contribution in [3.8, 4) is 11.5 Å². The second-order valence-corrected chi connectivity index (χ2v) is 8.05. The maximum atomic E-state index is 12.4. The fourth-order valence-electron chi connectivity index (χ4n) is 3.01. The summed E-state index contributed by atoms with van der Waals surface area (Å²) in [6.07, 6.45) is 3.95. The lowest BCUT2D eigenvalue weighted by Crippen LogP contribution is -2.25. The summed E-state index contributed by atoms with van der Waals surface area (Å²) in [5.41, 5.74) is 1.82. The standard InChI is InChI=1S/C23H24F2N4O4S/c1-29-12-11-27-23(29)34-14-20(30)28-17-6-4-16(5-7-17)21(31)26-10-9-15-3-8-18(33-22(24)25)19(13-15)32-2/h3-8,11-13,22H,9-10,14H2,1-2H3,(H,26,31)(H,28,30). The number of hydrogen-bond acceptors (Lipinski definition) is 6. The van der Waals surface area contributed by atoms with Crippen LogP contribution < -0.4 is 20.1 Å². The van der Waals surface area contributed by atoms with E-state index in [1.165, 1.54) is 24.9 Å². The van der Waals surface area contributed by atoms with Gasteiger partial charge in [0.25, 0.3) is 5.91 Å². The number of benzene rings is 2. The molecule has 0 aliphatic heterocycles. The monoisotopic (exact) mass is 490 g/mol. The zero-order valence-electron chi connectivity index (χ0n) is 18.6. The number of nitrogens with zero attached hydrogens (tertiary/aromatic N) is 2. The molecular weight excluding hydrogens is 466 g/mol. The Morgan fingerprint density at radius 3 is 2.56 bits per heavy atom. The number of alkyl halides is 2. The summed E-state index contributed by atoms with van der Waals surface area (Å²) in [5, 5.41) is 6.33. The molecule has 0 atom stereocenters. The highest BCUT2D eigenvalue weighted by Gasteiger charge is 2.12. The molecule has 2 amide bonds. The summed E-state index contributed by atoms with van der Waals surface area (Å²) in [6, 6.07) is 11.2. The van der Waals surface area contributed by atoms with E-state index < -0.39 is 6.61 Å². The minimum absolute atomic E-state index is 0.0484. The van der Waals surface area contributed by atoms with Gasteiger partial charge in [0, 0.05) is 37.2 Å². The molecule has 3 aromatic rings. The summed E-state index contributed by atoms with van der Waals surface area (Å²) >= 11 is 1.33. The van der Waals surface area contributed by atoms with Gasteiger partial charge in [-0.3, -0.25) is 9.59 Å². The van der Waals surface area contributed by atoms with Crippen LogP contribution in [0.5, 0.6) is 11.5 Å². The van der Waals surface area contributed by atoms with Gasteiger partial charge in [0.1, 0.15) is 0 Å². The van der Waals surface area contributed by atoms with Gasteiger partial charge >= 0.3 is 6.61 Å². The number of ether oxygens (including phenoxy) is 2. The van der Waals surface area contributed by atoms with Crippen LogP contribution in [0.25, 0.3) is 0 Å². The number of aryl methyl sites for hydroxylation is 1. The number of hydrogen-bond donors (Lipinski definition) is 2. The fourth-order valence-corrected chi connectivity index (χ4v) is 3.74. The van der Waals surface area contributed by atoms with Crippen LogP contribution >= 0.6 is 11.8 Å². The van der Waals surface area contributed by atoms with E-state index in [0.717, 1.165) is 10.7 Å². The Kier molecular flexibility index (Phi) is 8.86. The number of halogens is 2. The highest BCUT2D eigenvalue weighted by Crippen LogP contribution is 2.29. The smallest absolute Gasteiger partial charge is 0.387 e. The van der Waals surface area contributed by atoms with Crippen LogP contribution in [-0.2, 0) is 18.3 Å². The molecule has 0 aliphatic carbocycles. The summed E-state index contributed by atoms with van der Waals surface area (Å²) in [4.78, 5) is 28.7. The number of aromatic nitrogens is 2. The van der Waals surface area contributed by atoms with E-state index in [1.807, 2.05) is 17.8 Å². The molecule has 1 aromatic heterocycles. The molecule has 2 aromatic carbocycles. The second kappa shape index (κ2) is 12.0. The Hall–Kier alpha value is -3.60. The fraction of sp³-hybridized carbons (Fsp3) is 0.261. The van der Waals surface area contributed by atoms with E-state index in [4.69, 9.17) is 4.74 Å². The molecule has 0 saturated carbocycles. The number of imidazole rings is 1. The van der Waals surface area contributed by atoms with Crippen molar-refractivity contribution in [1.29, 1.82) is 0 Å². The SMILES string of the molecule is COc1cc(CCNC(=O)c2ccc(NC(=O)CSc3nccn3C)cc2)ccc1OC(F)F. The van der Waals surface area contributed by atoms with Crippen molar-refractivity contribution in [2.45, 2.75) is 18.2 Å². The quantitative estimate of drug-likeness (QED) is 0.398. The summed E-state index contributed by atoms with van der Waals surface area (Å²) in [5.74, 6) is -0.0844. The van der Waals surface area contributed by atoms with E-state index >= 15 is 0 Å². The Labute approximate surface area is 199 Å². The lowest BCUT2D eigenvalue weighted by atomic mass is 10.1. The van der Waals surface area contributed by atoms with E-state index in [-0.39, 0.29) is 29.1 Å². The molecule has 0 spiro atoms.